The zero-order valence-corrected chi connectivity index (χ0v) is 10.3. The number of benzene rings is 2. The van der Waals surface area contributed by atoms with Crippen molar-refractivity contribution in [2.45, 2.75) is 0 Å². The number of hydrogen-bond acceptors (Lipinski definition) is 2. The fraction of sp³-hybridized carbons (Fsp3) is 0. The first-order valence-corrected chi connectivity index (χ1v) is 5.64. The van der Waals surface area contributed by atoms with Crippen LogP contribution in [0.5, 0.6) is 0 Å². The van der Waals surface area contributed by atoms with Gasteiger partial charge in [0.2, 0.25) is 0 Å². The molecule has 5 heteroatoms. The van der Waals surface area contributed by atoms with Crippen molar-refractivity contribution in [3.8, 4) is 17.2 Å². The SMILES string of the molecule is N#Cc1cc(-c2cccc(F)c2C(=O)O)ccc1Cl. The number of nitrogens with zero attached hydrogens (tertiary/aromatic N) is 1. The van der Waals surface area contributed by atoms with Gasteiger partial charge in [0.05, 0.1) is 10.6 Å². The van der Waals surface area contributed by atoms with Crippen LogP contribution in [0.25, 0.3) is 11.1 Å². The van der Waals surface area contributed by atoms with Crippen LogP contribution in [-0.4, -0.2) is 11.1 Å². The van der Waals surface area contributed by atoms with Crippen LogP contribution in [-0.2, 0) is 0 Å². The Morgan fingerprint density at radius 2 is 2.05 bits per heavy atom. The molecule has 94 valence electrons. The molecule has 0 fully saturated rings. The minimum atomic E-state index is -1.36. The van der Waals surface area contributed by atoms with Crippen LogP contribution in [0, 0.1) is 17.1 Å². The van der Waals surface area contributed by atoms with Gasteiger partial charge in [-0.25, -0.2) is 9.18 Å². The second-order valence-electron chi connectivity index (χ2n) is 3.77. The van der Waals surface area contributed by atoms with Gasteiger partial charge >= 0.3 is 5.97 Å². The van der Waals surface area contributed by atoms with E-state index in [1.807, 2.05) is 6.07 Å². The van der Waals surface area contributed by atoms with Gasteiger partial charge < -0.3 is 5.11 Å². The van der Waals surface area contributed by atoms with Gasteiger partial charge in [-0.3, -0.25) is 0 Å². The summed E-state index contributed by atoms with van der Waals surface area (Å²) in [5.74, 6) is -2.18. The van der Waals surface area contributed by atoms with Crippen LogP contribution >= 0.6 is 11.6 Å². The highest BCUT2D eigenvalue weighted by Gasteiger charge is 2.17. The lowest BCUT2D eigenvalue weighted by Crippen LogP contribution is -2.03. The first-order chi connectivity index (χ1) is 9.04. The summed E-state index contributed by atoms with van der Waals surface area (Å²) in [6.45, 7) is 0. The fourth-order valence-corrected chi connectivity index (χ4v) is 1.92. The number of aromatic carboxylic acids is 1. The summed E-state index contributed by atoms with van der Waals surface area (Å²) >= 11 is 5.80. The molecular weight excluding hydrogens is 269 g/mol. The van der Waals surface area contributed by atoms with E-state index in [0.29, 0.717) is 5.56 Å². The summed E-state index contributed by atoms with van der Waals surface area (Å²) in [5.41, 5.74) is 0.423. The van der Waals surface area contributed by atoms with Crippen LogP contribution in [0.4, 0.5) is 4.39 Å². The monoisotopic (exact) mass is 275 g/mol. The predicted molar refractivity (Wildman–Crippen MR) is 68.5 cm³/mol. The number of carboxylic acid groups (broad SMARTS) is 1. The Kier molecular flexibility index (Phi) is 3.50. The lowest BCUT2D eigenvalue weighted by molar-refractivity contribution is 0.0693. The zero-order valence-electron chi connectivity index (χ0n) is 9.52. The Morgan fingerprint density at radius 3 is 2.68 bits per heavy atom. The van der Waals surface area contributed by atoms with Gasteiger partial charge in [0.15, 0.2) is 0 Å². The lowest BCUT2D eigenvalue weighted by Gasteiger charge is -2.08. The average Bonchev–Trinajstić information content (AvgIpc) is 2.38. The summed E-state index contributed by atoms with van der Waals surface area (Å²) in [4.78, 5) is 11.1. The van der Waals surface area contributed by atoms with Gasteiger partial charge in [-0.2, -0.15) is 5.26 Å². The molecule has 1 N–H and O–H groups in total. The Balaban J connectivity index is 2.70. The molecule has 0 radical (unpaired) electrons. The van der Waals surface area contributed by atoms with Crippen LogP contribution in [0.1, 0.15) is 15.9 Å². The van der Waals surface area contributed by atoms with E-state index in [4.69, 9.17) is 22.0 Å². The highest BCUT2D eigenvalue weighted by Crippen LogP contribution is 2.29. The summed E-state index contributed by atoms with van der Waals surface area (Å²) in [6, 6.07) is 10.3. The molecule has 0 atom stereocenters. The molecule has 0 unspecified atom stereocenters. The maximum atomic E-state index is 13.6. The third kappa shape index (κ3) is 2.42. The van der Waals surface area contributed by atoms with Gasteiger partial charge in [0, 0.05) is 0 Å². The fourth-order valence-electron chi connectivity index (χ4n) is 1.76. The Hall–Kier alpha value is -2.38. The van der Waals surface area contributed by atoms with Crippen molar-refractivity contribution < 1.29 is 14.3 Å². The minimum absolute atomic E-state index is 0.208. The summed E-state index contributed by atoms with van der Waals surface area (Å²) in [7, 11) is 0. The van der Waals surface area contributed by atoms with E-state index < -0.39 is 17.3 Å². The molecule has 0 bridgehead atoms. The number of hydrogen-bond donors (Lipinski definition) is 1. The van der Waals surface area contributed by atoms with Crippen LogP contribution in [0.2, 0.25) is 5.02 Å². The molecule has 19 heavy (non-hydrogen) atoms. The van der Waals surface area contributed by atoms with Gasteiger partial charge in [-0.1, -0.05) is 29.8 Å². The largest absolute Gasteiger partial charge is 0.478 e. The Morgan fingerprint density at radius 1 is 1.32 bits per heavy atom. The van der Waals surface area contributed by atoms with Crippen molar-refractivity contribution in [2.75, 3.05) is 0 Å². The second kappa shape index (κ2) is 5.09. The normalized spacial score (nSPS) is 9.95. The Bertz CT molecular complexity index is 707. The number of rotatable bonds is 2. The molecule has 0 aliphatic heterocycles. The molecule has 0 saturated carbocycles. The second-order valence-corrected chi connectivity index (χ2v) is 4.18. The Labute approximate surface area is 113 Å². The third-order valence-corrected chi connectivity index (χ3v) is 2.95. The number of nitriles is 1. The van der Waals surface area contributed by atoms with E-state index in [1.165, 1.54) is 24.3 Å². The predicted octanol–water partition coefficient (Wildman–Crippen LogP) is 3.72. The molecule has 0 aliphatic rings. The van der Waals surface area contributed by atoms with Crippen molar-refractivity contribution in [2.24, 2.45) is 0 Å². The molecule has 2 rings (SSSR count). The maximum absolute atomic E-state index is 13.6. The molecule has 2 aromatic carbocycles. The van der Waals surface area contributed by atoms with Crippen molar-refractivity contribution in [1.82, 2.24) is 0 Å². The molecule has 0 spiro atoms. The van der Waals surface area contributed by atoms with Crippen molar-refractivity contribution in [3.63, 3.8) is 0 Å². The van der Waals surface area contributed by atoms with E-state index in [1.54, 1.807) is 6.07 Å². The van der Waals surface area contributed by atoms with E-state index in [0.717, 1.165) is 6.07 Å². The van der Waals surface area contributed by atoms with E-state index in [2.05, 4.69) is 0 Å². The van der Waals surface area contributed by atoms with Gasteiger partial charge in [-0.15, -0.1) is 0 Å². The molecular formula is C14H7ClFNO2. The van der Waals surface area contributed by atoms with E-state index >= 15 is 0 Å². The summed E-state index contributed by atoms with van der Waals surface area (Å²) in [6.07, 6.45) is 0. The average molecular weight is 276 g/mol. The number of halogens is 2. The molecule has 0 amide bonds. The number of carboxylic acids is 1. The molecule has 3 nitrogen and oxygen atoms in total. The van der Waals surface area contributed by atoms with Crippen molar-refractivity contribution in [1.29, 1.82) is 5.26 Å². The smallest absolute Gasteiger partial charge is 0.339 e. The highest BCUT2D eigenvalue weighted by molar-refractivity contribution is 6.31. The van der Waals surface area contributed by atoms with Crippen molar-refractivity contribution in [3.05, 3.63) is 58.4 Å². The first kappa shape index (κ1) is 13.1. The van der Waals surface area contributed by atoms with Crippen LogP contribution in [0.3, 0.4) is 0 Å². The summed E-state index contributed by atoms with van der Waals surface area (Å²) in [5, 5.41) is 18.2. The zero-order chi connectivity index (χ0) is 14.0. The standard InChI is InChI=1S/C14H7ClFNO2/c15-11-5-4-8(6-9(11)7-17)10-2-1-3-12(16)13(10)14(18)19/h1-6H,(H,18,19). The van der Waals surface area contributed by atoms with Crippen LogP contribution in [0.15, 0.2) is 36.4 Å². The van der Waals surface area contributed by atoms with Gasteiger partial charge in [0.1, 0.15) is 17.4 Å². The van der Waals surface area contributed by atoms with Gasteiger partial charge in [-0.05, 0) is 29.3 Å². The van der Waals surface area contributed by atoms with E-state index in [9.17, 15) is 9.18 Å². The summed E-state index contributed by atoms with van der Waals surface area (Å²) < 4.78 is 13.6. The minimum Gasteiger partial charge on any atom is -0.478 e. The molecule has 0 aromatic heterocycles. The number of carbonyl (C=O) groups is 1. The van der Waals surface area contributed by atoms with Crippen LogP contribution < -0.4 is 0 Å². The van der Waals surface area contributed by atoms with Crippen molar-refractivity contribution >= 4 is 17.6 Å². The molecule has 0 saturated heterocycles. The molecule has 2 aromatic rings. The quantitative estimate of drug-likeness (QED) is 0.909. The maximum Gasteiger partial charge on any atom is 0.339 e. The topological polar surface area (TPSA) is 61.1 Å². The highest BCUT2D eigenvalue weighted by atomic mass is 35.5. The van der Waals surface area contributed by atoms with Gasteiger partial charge in [0.25, 0.3) is 0 Å². The molecule has 0 heterocycles. The molecule has 0 aliphatic carbocycles. The third-order valence-electron chi connectivity index (χ3n) is 2.63. The van der Waals surface area contributed by atoms with E-state index in [-0.39, 0.29) is 16.1 Å². The lowest BCUT2D eigenvalue weighted by atomic mass is 9.98. The first-order valence-electron chi connectivity index (χ1n) is 5.26.